The molecular weight excluding hydrogens is 287 g/mol. The molecule has 0 radical (unpaired) electrons. The highest BCUT2D eigenvalue weighted by molar-refractivity contribution is 9.10. The maximum Gasteiger partial charge on any atom is 0.242 e. The van der Waals surface area contributed by atoms with E-state index in [0.717, 1.165) is 5.56 Å². The average molecular weight is 297 g/mol. The summed E-state index contributed by atoms with van der Waals surface area (Å²) in [6.07, 6.45) is 1.59. The Morgan fingerprint density at radius 3 is 2.82 bits per heavy atom. The largest absolute Gasteiger partial charge is 0.437 e. The first-order valence-corrected chi connectivity index (χ1v) is 5.70. The van der Waals surface area contributed by atoms with E-state index in [1.54, 1.807) is 18.3 Å². The number of pyridine rings is 1. The van der Waals surface area contributed by atoms with E-state index >= 15 is 0 Å². The first-order valence-electron chi connectivity index (χ1n) is 4.91. The van der Waals surface area contributed by atoms with E-state index < -0.39 is 0 Å². The fourth-order valence-electron chi connectivity index (χ4n) is 1.33. The number of ether oxygens (including phenoxy) is 1. The number of benzene rings is 1. The van der Waals surface area contributed by atoms with Crippen LogP contribution in [0.1, 0.15) is 5.56 Å². The van der Waals surface area contributed by atoms with Crippen molar-refractivity contribution in [3.63, 3.8) is 0 Å². The van der Waals surface area contributed by atoms with Crippen molar-refractivity contribution in [1.29, 1.82) is 0 Å². The third-order valence-corrected chi connectivity index (χ3v) is 2.68. The summed E-state index contributed by atoms with van der Waals surface area (Å²) in [6, 6.07) is 6.05. The highest BCUT2D eigenvalue weighted by Crippen LogP contribution is 2.29. The van der Waals surface area contributed by atoms with Crippen LogP contribution in [-0.2, 0) is 0 Å². The molecule has 0 unspecified atom stereocenters. The third kappa shape index (κ3) is 2.74. The Morgan fingerprint density at radius 1 is 1.35 bits per heavy atom. The average Bonchev–Trinajstić information content (AvgIpc) is 2.23. The highest BCUT2D eigenvalue weighted by atomic mass is 79.9. The number of aryl methyl sites for hydroxylation is 1. The molecule has 17 heavy (non-hydrogen) atoms. The van der Waals surface area contributed by atoms with E-state index in [1.165, 1.54) is 12.1 Å². The van der Waals surface area contributed by atoms with Crippen molar-refractivity contribution < 1.29 is 9.13 Å². The number of nitrogens with zero attached hydrogens (tertiary/aromatic N) is 1. The standard InChI is InChI=1S/C12H10BrFN2O/c1-7-2-3-16-12(11(7)15)17-10-5-8(13)4-9(14)6-10/h2-6H,15H2,1H3. The number of halogens is 2. The van der Waals surface area contributed by atoms with Crippen molar-refractivity contribution in [2.24, 2.45) is 0 Å². The molecule has 0 amide bonds. The Kier molecular flexibility index (Phi) is 3.28. The lowest BCUT2D eigenvalue weighted by molar-refractivity contribution is 0.460. The summed E-state index contributed by atoms with van der Waals surface area (Å²) >= 11 is 3.19. The molecular formula is C12H10BrFN2O. The molecule has 0 aliphatic rings. The van der Waals surface area contributed by atoms with Crippen LogP contribution < -0.4 is 10.5 Å². The Morgan fingerprint density at radius 2 is 2.12 bits per heavy atom. The van der Waals surface area contributed by atoms with Crippen LogP contribution in [0.4, 0.5) is 10.1 Å². The quantitative estimate of drug-likeness (QED) is 0.920. The maximum absolute atomic E-state index is 13.1. The minimum Gasteiger partial charge on any atom is -0.437 e. The zero-order valence-corrected chi connectivity index (χ0v) is 10.7. The van der Waals surface area contributed by atoms with Gasteiger partial charge in [-0.05, 0) is 30.7 Å². The van der Waals surface area contributed by atoms with Crippen LogP contribution in [0.2, 0.25) is 0 Å². The first-order chi connectivity index (χ1) is 8.06. The minimum atomic E-state index is -0.388. The molecule has 0 saturated heterocycles. The normalized spacial score (nSPS) is 10.3. The van der Waals surface area contributed by atoms with E-state index in [-0.39, 0.29) is 11.7 Å². The summed E-state index contributed by atoms with van der Waals surface area (Å²) in [6.45, 7) is 1.85. The molecule has 2 aromatic rings. The van der Waals surface area contributed by atoms with Gasteiger partial charge in [0.05, 0.1) is 5.69 Å². The van der Waals surface area contributed by atoms with E-state index in [0.29, 0.717) is 15.9 Å². The summed E-state index contributed by atoms with van der Waals surface area (Å²) in [5.41, 5.74) is 7.13. The van der Waals surface area contributed by atoms with E-state index in [2.05, 4.69) is 20.9 Å². The number of hydrogen-bond acceptors (Lipinski definition) is 3. The number of nitrogen functional groups attached to an aromatic ring is 1. The molecule has 1 aromatic carbocycles. The van der Waals surface area contributed by atoms with E-state index in [4.69, 9.17) is 10.5 Å². The van der Waals surface area contributed by atoms with Gasteiger partial charge in [-0.1, -0.05) is 15.9 Å². The first kappa shape index (κ1) is 11.9. The molecule has 0 spiro atoms. The second-order valence-electron chi connectivity index (χ2n) is 3.55. The molecule has 2 N–H and O–H groups in total. The second kappa shape index (κ2) is 4.71. The van der Waals surface area contributed by atoms with Crippen LogP contribution >= 0.6 is 15.9 Å². The number of rotatable bonds is 2. The van der Waals surface area contributed by atoms with Crippen molar-refractivity contribution in [2.45, 2.75) is 6.92 Å². The summed E-state index contributed by atoms with van der Waals surface area (Å²) in [7, 11) is 0. The van der Waals surface area contributed by atoms with Crippen molar-refractivity contribution in [1.82, 2.24) is 4.98 Å². The van der Waals surface area contributed by atoms with Crippen molar-refractivity contribution in [3.05, 3.63) is 46.3 Å². The van der Waals surface area contributed by atoms with Gasteiger partial charge >= 0.3 is 0 Å². The number of anilines is 1. The van der Waals surface area contributed by atoms with Crippen LogP contribution in [-0.4, -0.2) is 4.98 Å². The minimum absolute atomic E-state index is 0.280. The summed E-state index contributed by atoms with van der Waals surface area (Å²) in [4.78, 5) is 4.01. The van der Waals surface area contributed by atoms with Gasteiger partial charge in [-0.2, -0.15) is 0 Å². The fraction of sp³-hybridized carbons (Fsp3) is 0.0833. The van der Waals surface area contributed by atoms with Gasteiger partial charge in [0, 0.05) is 16.7 Å². The van der Waals surface area contributed by atoms with E-state index in [9.17, 15) is 4.39 Å². The zero-order valence-electron chi connectivity index (χ0n) is 9.08. The van der Waals surface area contributed by atoms with Crippen molar-refractivity contribution >= 4 is 21.6 Å². The van der Waals surface area contributed by atoms with Crippen molar-refractivity contribution in [2.75, 3.05) is 5.73 Å². The molecule has 0 aliphatic carbocycles. The molecule has 88 valence electrons. The number of aromatic nitrogens is 1. The van der Waals surface area contributed by atoms with Crippen LogP contribution in [0.25, 0.3) is 0 Å². The molecule has 0 aliphatic heterocycles. The van der Waals surface area contributed by atoms with Crippen LogP contribution in [0.3, 0.4) is 0 Å². The molecule has 2 rings (SSSR count). The molecule has 3 nitrogen and oxygen atoms in total. The second-order valence-corrected chi connectivity index (χ2v) is 4.47. The topological polar surface area (TPSA) is 48.1 Å². The zero-order chi connectivity index (χ0) is 12.4. The van der Waals surface area contributed by atoms with Crippen LogP contribution in [0.5, 0.6) is 11.6 Å². The van der Waals surface area contributed by atoms with Crippen molar-refractivity contribution in [3.8, 4) is 11.6 Å². The third-order valence-electron chi connectivity index (χ3n) is 2.22. The molecule has 1 aromatic heterocycles. The monoisotopic (exact) mass is 296 g/mol. The Balaban J connectivity index is 2.34. The van der Waals surface area contributed by atoms with Gasteiger partial charge in [-0.3, -0.25) is 0 Å². The lowest BCUT2D eigenvalue weighted by atomic mass is 10.2. The number of hydrogen-bond donors (Lipinski definition) is 1. The molecule has 1 heterocycles. The Hall–Kier alpha value is -1.62. The molecule has 5 heteroatoms. The molecule has 0 atom stereocenters. The van der Waals surface area contributed by atoms with Gasteiger partial charge in [0.25, 0.3) is 0 Å². The summed E-state index contributed by atoms with van der Waals surface area (Å²) < 4.78 is 19.2. The predicted octanol–water partition coefficient (Wildman–Crippen LogP) is 3.67. The Labute approximate surface area is 107 Å². The van der Waals surface area contributed by atoms with Crippen LogP contribution in [0.15, 0.2) is 34.9 Å². The highest BCUT2D eigenvalue weighted by Gasteiger charge is 2.07. The smallest absolute Gasteiger partial charge is 0.242 e. The van der Waals surface area contributed by atoms with Gasteiger partial charge in [0.1, 0.15) is 11.6 Å². The lowest BCUT2D eigenvalue weighted by Gasteiger charge is -2.09. The predicted molar refractivity (Wildman–Crippen MR) is 67.6 cm³/mol. The summed E-state index contributed by atoms with van der Waals surface area (Å²) in [5, 5.41) is 0. The molecule has 0 fully saturated rings. The molecule has 0 bridgehead atoms. The fourth-order valence-corrected chi connectivity index (χ4v) is 1.77. The van der Waals surface area contributed by atoms with Gasteiger partial charge < -0.3 is 10.5 Å². The van der Waals surface area contributed by atoms with Gasteiger partial charge in [0.2, 0.25) is 5.88 Å². The lowest BCUT2D eigenvalue weighted by Crippen LogP contribution is -1.97. The maximum atomic E-state index is 13.1. The Bertz CT molecular complexity index is 540. The SMILES string of the molecule is Cc1ccnc(Oc2cc(F)cc(Br)c2)c1N. The van der Waals surface area contributed by atoms with Gasteiger partial charge in [-0.25, -0.2) is 9.37 Å². The summed E-state index contributed by atoms with van der Waals surface area (Å²) in [5.74, 6) is 0.241. The molecule has 0 saturated carbocycles. The number of nitrogens with two attached hydrogens (primary N) is 1. The van der Waals surface area contributed by atoms with Crippen LogP contribution in [0, 0.1) is 12.7 Å². The van der Waals surface area contributed by atoms with Gasteiger partial charge in [-0.15, -0.1) is 0 Å². The van der Waals surface area contributed by atoms with Gasteiger partial charge in [0.15, 0.2) is 0 Å². The van der Waals surface area contributed by atoms with E-state index in [1.807, 2.05) is 6.92 Å².